The van der Waals surface area contributed by atoms with Crippen LogP contribution in [0.3, 0.4) is 0 Å². The molecule has 1 aromatic heterocycles. The van der Waals surface area contributed by atoms with Crippen molar-refractivity contribution in [2.24, 2.45) is 5.73 Å². The van der Waals surface area contributed by atoms with E-state index in [1.165, 1.54) is 11.1 Å². The Hall–Kier alpha value is -1.32. The van der Waals surface area contributed by atoms with Gasteiger partial charge in [0, 0.05) is 18.0 Å². The van der Waals surface area contributed by atoms with Crippen molar-refractivity contribution in [2.75, 3.05) is 0 Å². The van der Waals surface area contributed by atoms with Gasteiger partial charge in [-0.3, -0.25) is 0 Å². The normalized spacial score (nSPS) is 10.6. The van der Waals surface area contributed by atoms with Crippen LogP contribution in [0.5, 0.6) is 0 Å². The number of aromatic nitrogens is 1. The topological polar surface area (TPSA) is 38.9 Å². The molecule has 3 heteroatoms. The highest BCUT2D eigenvalue weighted by Gasteiger charge is 2.05. The molecular weight excluding hydrogens is 240 g/mol. The molecule has 0 spiro atoms. The van der Waals surface area contributed by atoms with Crippen LogP contribution < -0.4 is 5.73 Å². The van der Waals surface area contributed by atoms with Crippen LogP contribution in [0.2, 0.25) is 0 Å². The van der Waals surface area contributed by atoms with Crippen molar-refractivity contribution in [1.29, 1.82) is 0 Å². The third-order valence-corrected chi connectivity index (χ3v) is 4.01. The largest absolute Gasteiger partial charge is 0.326 e. The summed E-state index contributed by atoms with van der Waals surface area (Å²) in [6, 6.07) is 12.5. The molecule has 1 heterocycles. The second-order valence-electron chi connectivity index (χ2n) is 4.34. The van der Waals surface area contributed by atoms with E-state index in [1.54, 1.807) is 11.8 Å². The lowest BCUT2D eigenvalue weighted by Gasteiger charge is -2.09. The van der Waals surface area contributed by atoms with Gasteiger partial charge in [0.05, 0.1) is 0 Å². The minimum Gasteiger partial charge on any atom is -0.326 e. The van der Waals surface area contributed by atoms with Gasteiger partial charge in [-0.25, -0.2) is 4.98 Å². The fourth-order valence-corrected chi connectivity index (χ4v) is 2.92. The summed E-state index contributed by atoms with van der Waals surface area (Å²) >= 11 is 1.76. The number of hydrogen-bond acceptors (Lipinski definition) is 3. The van der Waals surface area contributed by atoms with Crippen molar-refractivity contribution in [3.8, 4) is 0 Å². The first-order valence-corrected chi connectivity index (χ1v) is 7.03. The zero-order valence-electron chi connectivity index (χ0n) is 10.8. The molecule has 18 heavy (non-hydrogen) atoms. The summed E-state index contributed by atoms with van der Waals surface area (Å²) in [6.07, 6.45) is 0. The van der Waals surface area contributed by atoms with Gasteiger partial charge in [-0.1, -0.05) is 30.3 Å². The minimum absolute atomic E-state index is 0.545. The Balaban J connectivity index is 2.15. The van der Waals surface area contributed by atoms with E-state index in [0.717, 1.165) is 22.0 Å². The third kappa shape index (κ3) is 3.12. The Kier molecular flexibility index (Phi) is 4.39. The van der Waals surface area contributed by atoms with E-state index in [9.17, 15) is 0 Å². The predicted octanol–water partition coefficient (Wildman–Crippen LogP) is 3.45. The van der Waals surface area contributed by atoms with Crippen LogP contribution >= 0.6 is 11.8 Å². The molecule has 0 aliphatic carbocycles. The van der Waals surface area contributed by atoms with Crippen molar-refractivity contribution < 1.29 is 0 Å². The molecule has 2 aromatic rings. The van der Waals surface area contributed by atoms with Gasteiger partial charge in [-0.2, -0.15) is 0 Å². The highest BCUT2D eigenvalue weighted by Crippen LogP contribution is 2.25. The van der Waals surface area contributed by atoms with E-state index in [-0.39, 0.29) is 0 Å². The molecule has 0 aliphatic rings. The van der Waals surface area contributed by atoms with Gasteiger partial charge in [-0.15, -0.1) is 11.8 Å². The molecule has 0 aliphatic heterocycles. The Bertz CT molecular complexity index is 538. The van der Waals surface area contributed by atoms with Gasteiger partial charge in [0.2, 0.25) is 0 Å². The van der Waals surface area contributed by atoms with Crippen LogP contribution in [0, 0.1) is 13.8 Å². The molecule has 0 bridgehead atoms. The van der Waals surface area contributed by atoms with Crippen LogP contribution in [0.25, 0.3) is 0 Å². The molecule has 0 saturated carbocycles. The van der Waals surface area contributed by atoms with Crippen molar-refractivity contribution in [3.63, 3.8) is 0 Å². The highest BCUT2D eigenvalue weighted by molar-refractivity contribution is 7.98. The summed E-state index contributed by atoms with van der Waals surface area (Å²) in [5, 5.41) is 1.06. The molecule has 0 atom stereocenters. The van der Waals surface area contributed by atoms with Gasteiger partial charge in [0.15, 0.2) is 0 Å². The lowest BCUT2D eigenvalue weighted by Crippen LogP contribution is -2.01. The first-order valence-electron chi connectivity index (χ1n) is 6.04. The summed E-state index contributed by atoms with van der Waals surface area (Å²) in [6.45, 7) is 4.70. The van der Waals surface area contributed by atoms with Gasteiger partial charge in [0.25, 0.3) is 0 Å². The zero-order valence-corrected chi connectivity index (χ0v) is 11.6. The molecule has 2 rings (SSSR count). The number of pyridine rings is 1. The quantitative estimate of drug-likeness (QED) is 0.854. The number of benzene rings is 1. The summed E-state index contributed by atoms with van der Waals surface area (Å²) in [5.74, 6) is 0.941. The van der Waals surface area contributed by atoms with Crippen molar-refractivity contribution >= 4 is 11.8 Å². The smallest absolute Gasteiger partial charge is 0.101 e. The Morgan fingerprint density at radius 2 is 1.83 bits per heavy atom. The van der Waals surface area contributed by atoms with Gasteiger partial charge in [-0.05, 0) is 36.6 Å². The van der Waals surface area contributed by atoms with Crippen LogP contribution in [0.4, 0.5) is 0 Å². The van der Waals surface area contributed by atoms with E-state index in [0.29, 0.717) is 6.54 Å². The maximum atomic E-state index is 5.75. The summed E-state index contributed by atoms with van der Waals surface area (Å²) in [5.41, 5.74) is 10.6. The van der Waals surface area contributed by atoms with E-state index in [4.69, 9.17) is 5.73 Å². The number of hydrogen-bond donors (Lipinski definition) is 1. The molecule has 0 amide bonds. The lowest BCUT2D eigenvalue weighted by atomic mass is 10.1. The van der Waals surface area contributed by atoms with Crippen molar-refractivity contribution in [1.82, 2.24) is 4.98 Å². The van der Waals surface area contributed by atoms with E-state index in [1.807, 2.05) is 13.0 Å². The number of nitrogens with zero attached hydrogens (tertiary/aromatic N) is 1. The van der Waals surface area contributed by atoms with Gasteiger partial charge >= 0.3 is 0 Å². The van der Waals surface area contributed by atoms with Crippen LogP contribution in [-0.2, 0) is 12.3 Å². The highest BCUT2D eigenvalue weighted by atomic mass is 32.2. The molecule has 0 fully saturated rings. The average molecular weight is 258 g/mol. The van der Waals surface area contributed by atoms with Gasteiger partial charge in [0.1, 0.15) is 5.03 Å². The maximum Gasteiger partial charge on any atom is 0.101 e. The SMILES string of the molecule is Cc1ccc(CN)c(SCc2ccccc2C)n1. The predicted molar refractivity (Wildman–Crippen MR) is 77.6 cm³/mol. The third-order valence-electron chi connectivity index (χ3n) is 2.92. The summed E-state index contributed by atoms with van der Waals surface area (Å²) in [7, 11) is 0. The first-order chi connectivity index (χ1) is 8.70. The fraction of sp³-hybridized carbons (Fsp3) is 0.267. The number of aryl methyl sites for hydroxylation is 2. The van der Waals surface area contributed by atoms with Crippen molar-refractivity contribution in [3.05, 3.63) is 58.8 Å². The van der Waals surface area contributed by atoms with Crippen LogP contribution in [-0.4, -0.2) is 4.98 Å². The molecule has 2 N–H and O–H groups in total. The second kappa shape index (κ2) is 6.03. The van der Waals surface area contributed by atoms with E-state index >= 15 is 0 Å². The lowest BCUT2D eigenvalue weighted by molar-refractivity contribution is 0.941. The molecule has 0 saturated heterocycles. The summed E-state index contributed by atoms with van der Waals surface area (Å²) in [4.78, 5) is 4.57. The van der Waals surface area contributed by atoms with E-state index in [2.05, 4.69) is 42.2 Å². The van der Waals surface area contributed by atoms with Gasteiger partial charge < -0.3 is 5.73 Å². The minimum atomic E-state index is 0.545. The first kappa shape index (κ1) is 13.1. The van der Waals surface area contributed by atoms with E-state index < -0.39 is 0 Å². The molecular formula is C15H18N2S. The monoisotopic (exact) mass is 258 g/mol. The molecule has 0 unspecified atom stereocenters. The number of nitrogens with two attached hydrogens (primary N) is 1. The zero-order chi connectivity index (χ0) is 13.0. The number of rotatable bonds is 4. The summed E-state index contributed by atoms with van der Waals surface area (Å²) < 4.78 is 0. The number of thioether (sulfide) groups is 1. The van der Waals surface area contributed by atoms with Crippen molar-refractivity contribution in [2.45, 2.75) is 31.2 Å². The fourth-order valence-electron chi connectivity index (χ4n) is 1.76. The van der Waals surface area contributed by atoms with Crippen LogP contribution in [0.1, 0.15) is 22.4 Å². The Morgan fingerprint density at radius 1 is 1.06 bits per heavy atom. The Morgan fingerprint density at radius 3 is 2.56 bits per heavy atom. The standard InChI is InChI=1S/C15H18N2S/c1-11-5-3-4-6-14(11)10-18-15-13(9-16)8-7-12(2)17-15/h3-8H,9-10,16H2,1-2H3. The average Bonchev–Trinajstić information content (AvgIpc) is 2.38. The van der Waals surface area contributed by atoms with Crippen LogP contribution in [0.15, 0.2) is 41.4 Å². The second-order valence-corrected chi connectivity index (χ2v) is 5.30. The molecule has 2 nitrogen and oxygen atoms in total. The molecule has 94 valence electrons. The maximum absolute atomic E-state index is 5.75. The molecule has 1 aromatic carbocycles. The Labute approximate surface area is 113 Å². The molecule has 0 radical (unpaired) electrons.